The number of benzene rings is 1. The first-order valence-electron chi connectivity index (χ1n) is 9.13. The molecule has 0 radical (unpaired) electrons. The van der Waals surface area contributed by atoms with E-state index < -0.39 is 6.04 Å². The lowest BCUT2D eigenvalue weighted by molar-refractivity contribution is -0.122. The molecule has 3 aromatic rings. The molecule has 0 aliphatic rings. The average molecular weight is 387 g/mol. The van der Waals surface area contributed by atoms with Gasteiger partial charge in [0.05, 0.1) is 0 Å². The summed E-state index contributed by atoms with van der Waals surface area (Å²) in [6, 6.07) is 5.34. The molecule has 148 valence electrons. The highest BCUT2D eigenvalue weighted by atomic mass is 19.1. The molecule has 0 bridgehead atoms. The maximum absolute atomic E-state index is 13.0. The van der Waals surface area contributed by atoms with Gasteiger partial charge < -0.3 is 14.4 Å². The predicted octanol–water partition coefficient (Wildman–Crippen LogP) is 3.58. The summed E-state index contributed by atoms with van der Waals surface area (Å²) in [7, 11) is 0. The van der Waals surface area contributed by atoms with Crippen LogP contribution in [0.1, 0.15) is 63.2 Å². The minimum absolute atomic E-state index is 0.141. The van der Waals surface area contributed by atoms with Gasteiger partial charge in [-0.2, -0.15) is 9.97 Å². The second kappa shape index (κ2) is 8.73. The standard InChI is InChI=1S/C19H22FN5O3/c1-11(2)17-22-16(27-24-17)6-4-5-15(26)21-12(3)19-23-18(25-28-19)13-7-9-14(20)10-8-13/h7-12H,4-6H2,1-3H3,(H,21,26). The fourth-order valence-corrected chi connectivity index (χ4v) is 2.51. The van der Waals surface area contributed by atoms with E-state index in [-0.39, 0.29) is 23.5 Å². The van der Waals surface area contributed by atoms with E-state index in [1.54, 1.807) is 19.1 Å². The van der Waals surface area contributed by atoms with Gasteiger partial charge in [0.2, 0.25) is 23.5 Å². The second-order valence-corrected chi connectivity index (χ2v) is 6.81. The molecule has 0 aliphatic carbocycles. The van der Waals surface area contributed by atoms with Crippen LogP contribution in [0.3, 0.4) is 0 Å². The predicted molar refractivity (Wildman–Crippen MR) is 97.6 cm³/mol. The number of nitrogens with one attached hydrogen (secondary N) is 1. The van der Waals surface area contributed by atoms with Gasteiger partial charge in [-0.15, -0.1) is 0 Å². The first kappa shape index (κ1) is 19.7. The normalized spacial score (nSPS) is 12.3. The quantitative estimate of drug-likeness (QED) is 0.629. The van der Waals surface area contributed by atoms with Crippen molar-refractivity contribution in [2.45, 2.75) is 52.0 Å². The Morgan fingerprint density at radius 1 is 1.11 bits per heavy atom. The maximum Gasteiger partial charge on any atom is 0.249 e. The molecule has 0 saturated carbocycles. The SMILES string of the molecule is CC(C)c1noc(CCCC(=O)NC(C)c2nc(-c3ccc(F)cc3)no2)n1. The lowest BCUT2D eigenvalue weighted by Crippen LogP contribution is -2.26. The van der Waals surface area contributed by atoms with Crippen molar-refractivity contribution in [3.8, 4) is 11.4 Å². The summed E-state index contributed by atoms with van der Waals surface area (Å²) in [6.45, 7) is 5.73. The Morgan fingerprint density at radius 2 is 1.86 bits per heavy atom. The number of hydrogen-bond donors (Lipinski definition) is 1. The molecule has 28 heavy (non-hydrogen) atoms. The van der Waals surface area contributed by atoms with E-state index >= 15 is 0 Å². The van der Waals surface area contributed by atoms with Gasteiger partial charge in [-0.1, -0.05) is 24.2 Å². The van der Waals surface area contributed by atoms with Crippen LogP contribution in [0.4, 0.5) is 4.39 Å². The van der Waals surface area contributed by atoms with Gasteiger partial charge in [-0.3, -0.25) is 4.79 Å². The Morgan fingerprint density at radius 3 is 2.54 bits per heavy atom. The van der Waals surface area contributed by atoms with E-state index in [1.807, 2.05) is 13.8 Å². The Hall–Kier alpha value is -3.10. The first-order valence-corrected chi connectivity index (χ1v) is 9.13. The molecule has 0 aliphatic heterocycles. The van der Waals surface area contributed by atoms with E-state index in [4.69, 9.17) is 9.05 Å². The summed E-state index contributed by atoms with van der Waals surface area (Å²) in [5, 5.41) is 10.6. The minimum Gasteiger partial charge on any atom is -0.345 e. The van der Waals surface area contributed by atoms with Gasteiger partial charge in [0.15, 0.2) is 5.82 Å². The van der Waals surface area contributed by atoms with Crippen molar-refractivity contribution in [3.63, 3.8) is 0 Å². The number of rotatable bonds is 8. The zero-order valence-electron chi connectivity index (χ0n) is 16.0. The maximum atomic E-state index is 13.0. The highest BCUT2D eigenvalue weighted by Crippen LogP contribution is 2.19. The molecule has 1 atom stereocenters. The van der Waals surface area contributed by atoms with E-state index in [0.29, 0.717) is 42.4 Å². The fraction of sp³-hybridized carbons (Fsp3) is 0.421. The smallest absolute Gasteiger partial charge is 0.249 e. The van der Waals surface area contributed by atoms with Crippen molar-refractivity contribution in [1.29, 1.82) is 0 Å². The summed E-state index contributed by atoms with van der Waals surface area (Å²) < 4.78 is 23.4. The monoisotopic (exact) mass is 387 g/mol. The van der Waals surface area contributed by atoms with Gasteiger partial charge in [-0.25, -0.2) is 4.39 Å². The number of halogens is 1. The molecular formula is C19H22FN5O3. The molecule has 8 nitrogen and oxygen atoms in total. The van der Waals surface area contributed by atoms with Crippen molar-refractivity contribution in [1.82, 2.24) is 25.6 Å². The summed E-state index contributed by atoms with van der Waals surface area (Å²) in [6.07, 6.45) is 1.43. The van der Waals surface area contributed by atoms with Crippen LogP contribution in [0.25, 0.3) is 11.4 Å². The molecule has 1 amide bonds. The van der Waals surface area contributed by atoms with Crippen LogP contribution in [0, 0.1) is 5.82 Å². The lowest BCUT2D eigenvalue weighted by Gasteiger charge is -2.09. The minimum atomic E-state index is -0.440. The van der Waals surface area contributed by atoms with Crippen LogP contribution in [-0.2, 0) is 11.2 Å². The van der Waals surface area contributed by atoms with Crippen molar-refractivity contribution in [3.05, 3.63) is 47.7 Å². The Kier molecular flexibility index (Phi) is 6.13. The number of carbonyl (C=O) groups excluding carboxylic acids is 1. The largest absolute Gasteiger partial charge is 0.345 e. The van der Waals surface area contributed by atoms with E-state index in [1.165, 1.54) is 12.1 Å². The van der Waals surface area contributed by atoms with Gasteiger partial charge in [-0.05, 0) is 37.6 Å². The number of aryl methyl sites for hydroxylation is 1. The Bertz CT molecular complexity index is 920. The third-order valence-electron chi connectivity index (χ3n) is 4.09. The number of hydrogen-bond acceptors (Lipinski definition) is 7. The molecule has 1 N–H and O–H groups in total. The molecule has 2 aromatic heterocycles. The zero-order chi connectivity index (χ0) is 20.1. The van der Waals surface area contributed by atoms with Crippen LogP contribution in [0.15, 0.2) is 33.3 Å². The van der Waals surface area contributed by atoms with Gasteiger partial charge >= 0.3 is 0 Å². The molecule has 2 heterocycles. The molecular weight excluding hydrogens is 365 g/mol. The molecule has 0 fully saturated rings. The summed E-state index contributed by atoms with van der Waals surface area (Å²) in [5.74, 6) is 1.55. The van der Waals surface area contributed by atoms with Crippen molar-refractivity contribution in [2.24, 2.45) is 0 Å². The van der Waals surface area contributed by atoms with E-state index in [2.05, 4.69) is 25.6 Å². The third kappa shape index (κ3) is 4.99. The zero-order valence-corrected chi connectivity index (χ0v) is 16.0. The first-order chi connectivity index (χ1) is 13.4. The van der Waals surface area contributed by atoms with E-state index in [0.717, 1.165) is 0 Å². The number of carbonyl (C=O) groups is 1. The van der Waals surface area contributed by atoms with Crippen molar-refractivity contribution >= 4 is 5.91 Å². The molecule has 3 rings (SSSR count). The highest BCUT2D eigenvalue weighted by Gasteiger charge is 2.18. The second-order valence-electron chi connectivity index (χ2n) is 6.81. The molecule has 0 saturated heterocycles. The third-order valence-corrected chi connectivity index (χ3v) is 4.09. The lowest BCUT2D eigenvalue weighted by atomic mass is 10.2. The average Bonchev–Trinajstić information content (AvgIpc) is 3.32. The molecule has 1 unspecified atom stereocenters. The van der Waals surface area contributed by atoms with Crippen LogP contribution in [0.5, 0.6) is 0 Å². The topological polar surface area (TPSA) is 107 Å². The van der Waals surface area contributed by atoms with Crippen LogP contribution >= 0.6 is 0 Å². The van der Waals surface area contributed by atoms with Gasteiger partial charge in [0.25, 0.3) is 0 Å². The van der Waals surface area contributed by atoms with Gasteiger partial charge in [0.1, 0.15) is 11.9 Å². The Labute approximate surface area is 161 Å². The van der Waals surface area contributed by atoms with Crippen molar-refractivity contribution in [2.75, 3.05) is 0 Å². The highest BCUT2D eigenvalue weighted by molar-refractivity contribution is 5.76. The Balaban J connectivity index is 1.48. The molecule has 0 spiro atoms. The molecule has 1 aromatic carbocycles. The number of amides is 1. The number of aromatic nitrogens is 4. The van der Waals surface area contributed by atoms with Gasteiger partial charge in [0, 0.05) is 24.3 Å². The van der Waals surface area contributed by atoms with Crippen LogP contribution in [-0.4, -0.2) is 26.2 Å². The summed E-state index contributed by atoms with van der Waals surface area (Å²) in [4.78, 5) is 20.7. The van der Waals surface area contributed by atoms with E-state index in [9.17, 15) is 9.18 Å². The number of nitrogens with zero attached hydrogens (tertiary/aromatic N) is 4. The molecule has 9 heteroatoms. The summed E-state index contributed by atoms with van der Waals surface area (Å²) >= 11 is 0. The van der Waals surface area contributed by atoms with Crippen LogP contribution in [0.2, 0.25) is 0 Å². The van der Waals surface area contributed by atoms with Crippen LogP contribution < -0.4 is 5.32 Å². The van der Waals surface area contributed by atoms with Crippen molar-refractivity contribution < 1.29 is 18.2 Å². The fourth-order valence-electron chi connectivity index (χ4n) is 2.51. The summed E-state index contributed by atoms with van der Waals surface area (Å²) in [5.41, 5.74) is 0.634.